The van der Waals surface area contributed by atoms with Crippen LogP contribution in [0, 0.1) is 0 Å². The highest BCUT2D eigenvalue weighted by molar-refractivity contribution is 7.89. The van der Waals surface area contributed by atoms with E-state index in [1.165, 1.54) is 18.4 Å². The number of hydrogen-bond acceptors (Lipinski definition) is 2. The lowest BCUT2D eigenvalue weighted by atomic mass is 11.0. The molecule has 0 N–H and O–H groups in total. The Morgan fingerprint density at radius 3 is 1.75 bits per heavy atom. The molecule has 8 heavy (non-hydrogen) atoms. The summed E-state index contributed by atoms with van der Waals surface area (Å²) in [5, 5.41) is 0. The van der Waals surface area contributed by atoms with Gasteiger partial charge in [-0.15, -0.1) is 0 Å². The molecule has 3 nitrogen and oxygen atoms in total. The van der Waals surface area contributed by atoms with E-state index < -0.39 is 10.0 Å². The van der Waals surface area contributed by atoms with Crippen LogP contribution in [0.3, 0.4) is 0 Å². The fourth-order valence-electron chi connectivity index (χ4n) is 0.258. The minimum absolute atomic E-state index is 0.181. The van der Waals surface area contributed by atoms with Crippen LogP contribution in [-0.4, -0.2) is 32.6 Å². The zero-order valence-corrected chi connectivity index (χ0v) is 6.20. The smallest absolute Gasteiger partial charge is 0.212 e. The molecule has 0 spiro atoms. The summed E-state index contributed by atoms with van der Waals surface area (Å²) < 4.78 is 22.5. The standard InChI is InChI=1S/C4H11NO2S/c1-4-8(6,7)5(2)3/h4H2,1-3H3. The van der Waals surface area contributed by atoms with Gasteiger partial charge in [-0.3, -0.25) is 0 Å². The van der Waals surface area contributed by atoms with Crippen LogP contribution in [0.4, 0.5) is 0 Å². The van der Waals surface area contributed by atoms with Crippen LogP contribution >= 0.6 is 0 Å². The van der Waals surface area contributed by atoms with E-state index in [1.807, 2.05) is 0 Å². The van der Waals surface area contributed by atoms with Gasteiger partial charge >= 0.3 is 0 Å². The van der Waals surface area contributed by atoms with Crippen molar-refractivity contribution in [2.45, 2.75) is 6.92 Å². The molecular weight excluding hydrogens is 126 g/mol. The number of sulfonamides is 1. The summed E-state index contributed by atoms with van der Waals surface area (Å²) in [6, 6.07) is 0. The zero-order valence-electron chi connectivity index (χ0n) is 5.38. The third kappa shape index (κ3) is 1.79. The molecule has 0 rings (SSSR count). The van der Waals surface area contributed by atoms with Gasteiger partial charge in [-0.05, 0) is 6.92 Å². The predicted octanol–water partition coefficient (Wildman–Crippen LogP) is -0.102. The summed E-state index contributed by atoms with van der Waals surface area (Å²) in [6.07, 6.45) is 0. The van der Waals surface area contributed by atoms with E-state index >= 15 is 0 Å². The van der Waals surface area contributed by atoms with Crippen LogP contribution in [0.5, 0.6) is 0 Å². The molecule has 0 saturated heterocycles. The minimum atomic E-state index is -2.90. The molecule has 0 aromatic heterocycles. The van der Waals surface area contributed by atoms with E-state index in [0.29, 0.717) is 0 Å². The lowest BCUT2D eigenvalue weighted by molar-refractivity contribution is 0.522. The molecule has 4 heteroatoms. The molecule has 0 saturated carbocycles. The molecule has 50 valence electrons. The van der Waals surface area contributed by atoms with Gasteiger partial charge in [0.25, 0.3) is 0 Å². The summed E-state index contributed by atoms with van der Waals surface area (Å²) in [4.78, 5) is 0. The monoisotopic (exact) mass is 137 g/mol. The van der Waals surface area contributed by atoms with Gasteiger partial charge in [0.1, 0.15) is 0 Å². The lowest BCUT2D eigenvalue weighted by Crippen LogP contribution is -2.23. The molecule has 0 bridgehead atoms. The van der Waals surface area contributed by atoms with Crippen molar-refractivity contribution >= 4 is 10.0 Å². The third-order valence-electron chi connectivity index (χ3n) is 0.921. The molecule has 0 fully saturated rings. The highest BCUT2D eigenvalue weighted by Crippen LogP contribution is 1.90. The second-order valence-electron chi connectivity index (χ2n) is 1.68. The second-order valence-corrected chi connectivity index (χ2v) is 4.15. The maximum Gasteiger partial charge on any atom is 0.213 e. The Labute approximate surface area is 50.4 Å². The van der Waals surface area contributed by atoms with Crippen molar-refractivity contribution in [1.82, 2.24) is 4.31 Å². The summed E-state index contributed by atoms with van der Waals surface area (Å²) >= 11 is 0. The molecule has 0 atom stereocenters. The zero-order chi connectivity index (χ0) is 6.78. The number of rotatable bonds is 2. The first-order valence-corrected chi connectivity index (χ1v) is 4.02. The highest BCUT2D eigenvalue weighted by atomic mass is 32.2. The van der Waals surface area contributed by atoms with Crippen LogP contribution in [0.1, 0.15) is 6.92 Å². The molecular formula is C4H11NO2S. The van der Waals surface area contributed by atoms with E-state index in [2.05, 4.69) is 0 Å². The quantitative estimate of drug-likeness (QED) is 0.533. The average Bonchev–Trinajstić information content (AvgIpc) is 1.67. The topological polar surface area (TPSA) is 37.4 Å². The second kappa shape index (κ2) is 2.46. The highest BCUT2D eigenvalue weighted by Gasteiger charge is 2.07. The van der Waals surface area contributed by atoms with Gasteiger partial charge in [-0.1, -0.05) is 0 Å². The Bertz CT molecular complexity index is 147. The van der Waals surface area contributed by atoms with Crippen molar-refractivity contribution < 1.29 is 8.42 Å². The minimum Gasteiger partial charge on any atom is -0.212 e. The largest absolute Gasteiger partial charge is 0.213 e. The Morgan fingerprint density at radius 2 is 1.75 bits per heavy atom. The molecule has 0 aliphatic carbocycles. The molecule has 0 aliphatic heterocycles. The first-order chi connectivity index (χ1) is 3.50. The first kappa shape index (κ1) is 7.91. The molecule has 0 radical (unpaired) electrons. The summed E-state index contributed by atoms with van der Waals surface area (Å²) in [5.74, 6) is 0.181. The van der Waals surface area contributed by atoms with Gasteiger partial charge in [0.15, 0.2) is 0 Å². The number of hydrogen-bond donors (Lipinski definition) is 0. The molecule has 0 heterocycles. The maximum atomic E-state index is 10.6. The van der Waals surface area contributed by atoms with Crippen LogP contribution < -0.4 is 0 Å². The van der Waals surface area contributed by atoms with Crippen molar-refractivity contribution in [1.29, 1.82) is 0 Å². The van der Waals surface area contributed by atoms with Crippen molar-refractivity contribution in [3.05, 3.63) is 0 Å². The van der Waals surface area contributed by atoms with Crippen molar-refractivity contribution in [3.8, 4) is 0 Å². The van der Waals surface area contributed by atoms with Gasteiger partial charge in [0.2, 0.25) is 10.0 Å². The van der Waals surface area contributed by atoms with Gasteiger partial charge in [0, 0.05) is 14.1 Å². The van der Waals surface area contributed by atoms with E-state index in [9.17, 15) is 8.42 Å². The first-order valence-electron chi connectivity index (χ1n) is 2.41. The fourth-order valence-corrected chi connectivity index (χ4v) is 0.775. The van der Waals surface area contributed by atoms with Gasteiger partial charge in [0.05, 0.1) is 5.75 Å². The Kier molecular flexibility index (Phi) is 2.43. The van der Waals surface area contributed by atoms with E-state index in [1.54, 1.807) is 6.92 Å². The predicted molar refractivity (Wildman–Crippen MR) is 33.1 cm³/mol. The molecule has 0 aromatic carbocycles. The summed E-state index contributed by atoms with van der Waals surface area (Å²) in [5.41, 5.74) is 0. The van der Waals surface area contributed by atoms with Crippen LogP contribution in [-0.2, 0) is 10.0 Å². The number of nitrogens with zero attached hydrogens (tertiary/aromatic N) is 1. The molecule has 0 amide bonds. The summed E-state index contributed by atoms with van der Waals surface area (Å²) in [6.45, 7) is 1.62. The van der Waals surface area contributed by atoms with Crippen LogP contribution in [0.25, 0.3) is 0 Å². The van der Waals surface area contributed by atoms with E-state index in [-0.39, 0.29) is 5.75 Å². The van der Waals surface area contributed by atoms with Crippen LogP contribution in [0.15, 0.2) is 0 Å². The average molecular weight is 137 g/mol. The van der Waals surface area contributed by atoms with Gasteiger partial charge in [-0.2, -0.15) is 0 Å². The van der Waals surface area contributed by atoms with Gasteiger partial charge < -0.3 is 0 Å². The Balaban J connectivity index is 4.17. The van der Waals surface area contributed by atoms with E-state index in [4.69, 9.17) is 0 Å². The van der Waals surface area contributed by atoms with Crippen molar-refractivity contribution in [2.75, 3.05) is 19.8 Å². The fraction of sp³-hybridized carbons (Fsp3) is 1.00. The van der Waals surface area contributed by atoms with Gasteiger partial charge in [-0.25, -0.2) is 12.7 Å². The Hall–Kier alpha value is -0.0900. The molecule has 0 aliphatic rings. The maximum absolute atomic E-state index is 10.6. The molecule has 0 aromatic rings. The lowest BCUT2D eigenvalue weighted by Gasteiger charge is -2.06. The Morgan fingerprint density at radius 1 is 1.38 bits per heavy atom. The van der Waals surface area contributed by atoms with Crippen molar-refractivity contribution in [3.63, 3.8) is 0 Å². The van der Waals surface area contributed by atoms with E-state index in [0.717, 1.165) is 0 Å². The SMILES string of the molecule is CCS(=O)(=O)N(C)C. The van der Waals surface area contributed by atoms with Crippen molar-refractivity contribution in [2.24, 2.45) is 0 Å². The van der Waals surface area contributed by atoms with Crippen LogP contribution in [0.2, 0.25) is 0 Å². The summed E-state index contributed by atoms with van der Waals surface area (Å²) in [7, 11) is 0.150. The normalized spacial score (nSPS) is 12.5. The molecule has 0 unspecified atom stereocenters. The third-order valence-corrected chi connectivity index (χ3v) is 2.76.